The van der Waals surface area contributed by atoms with Crippen LogP contribution in [0.1, 0.15) is 11.5 Å². The van der Waals surface area contributed by atoms with Crippen LogP contribution in [0.5, 0.6) is 0 Å². The normalized spacial score (nSPS) is 11.8. The number of aliphatic imine (C=N–C) groups is 1. The zero-order valence-electron chi connectivity index (χ0n) is 11.6. The molecule has 0 saturated heterocycles. The molecule has 0 unspecified atom stereocenters. The topological polar surface area (TPSA) is 80.7 Å². The highest BCUT2D eigenvalue weighted by molar-refractivity contribution is 8.13. The first-order chi connectivity index (χ1) is 9.65. The number of nitrogens with one attached hydrogen (secondary N) is 1. The van der Waals surface area contributed by atoms with Crippen molar-refractivity contribution in [2.24, 2.45) is 4.99 Å². The van der Waals surface area contributed by atoms with Gasteiger partial charge in [0.1, 0.15) is 16.6 Å². The van der Waals surface area contributed by atoms with E-state index in [0.29, 0.717) is 11.6 Å². The molecule has 0 aliphatic heterocycles. The minimum Gasteiger partial charge on any atom is -0.464 e. The minimum absolute atomic E-state index is 0.183. The molecule has 0 atom stereocenters. The Kier molecular flexibility index (Phi) is 8.40. The summed E-state index contributed by atoms with van der Waals surface area (Å²) in [7, 11) is 1.88. The lowest BCUT2D eigenvalue weighted by atomic mass is 10.4. The van der Waals surface area contributed by atoms with Crippen molar-refractivity contribution in [1.82, 2.24) is 5.32 Å². The van der Waals surface area contributed by atoms with Crippen LogP contribution in [0.3, 0.4) is 0 Å². The summed E-state index contributed by atoms with van der Waals surface area (Å²) in [6.07, 6.45) is 1.81. The van der Waals surface area contributed by atoms with Crippen LogP contribution in [0.25, 0.3) is 0 Å². The van der Waals surface area contributed by atoms with Gasteiger partial charge in [-0.15, -0.1) is 11.8 Å². The van der Waals surface area contributed by atoms with Gasteiger partial charge in [-0.1, -0.05) is 0 Å². The fraction of sp³-hybridized carbons (Fsp3) is 0.583. The second-order valence-corrected chi connectivity index (χ2v) is 5.91. The van der Waals surface area contributed by atoms with E-state index >= 15 is 0 Å². The lowest BCUT2D eigenvalue weighted by Gasteiger charge is -1.99. The monoisotopic (exact) mass is 317 g/mol. The molecule has 0 amide bonds. The Hall–Kier alpha value is -0.990. The largest absolute Gasteiger partial charge is 0.464 e. The third-order valence-corrected chi connectivity index (χ3v) is 4.03. The van der Waals surface area contributed by atoms with Crippen LogP contribution in [0.15, 0.2) is 21.5 Å². The van der Waals surface area contributed by atoms with Crippen LogP contribution < -0.4 is 5.32 Å². The summed E-state index contributed by atoms with van der Waals surface area (Å²) in [4.78, 5) is 14.3. The van der Waals surface area contributed by atoms with Crippen LogP contribution in [0, 0.1) is 10.1 Å². The van der Waals surface area contributed by atoms with E-state index < -0.39 is 0 Å². The second kappa shape index (κ2) is 9.84. The highest BCUT2D eigenvalue weighted by atomic mass is 32.2. The first-order valence-electron chi connectivity index (χ1n) is 6.14. The quantitative estimate of drug-likeness (QED) is 0.247. The lowest BCUT2D eigenvalue weighted by Crippen LogP contribution is -2.11. The Labute approximate surface area is 126 Å². The summed E-state index contributed by atoms with van der Waals surface area (Å²) in [5, 5.41) is 14.0. The van der Waals surface area contributed by atoms with Gasteiger partial charge < -0.3 is 9.73 Å². The standard InChI is InChI=1S/C12H19N3O3S2/c1-13-7-10-3-4-11(18-10)9-20-6-5-14-12(19-2)8-15(16)17/h3-4,13H,5-9H2,1-2H3. The third-order valence-electron chi connectivity index (χ3n) is 2.34. The van der Waals surface area contributed by atoms with Crippen molar-refractivity contribution in [2.75, 3.05) is 32.1 Å². The first kappa shape index (κ1) is 17.1. The van der Waals surface area contributed by atoms with Crippen molar-refractivity contribution < 1.29 is 9.34 Å². The molecule has 0 radical (unpaired) electrons. The number of hydrogen-bond acceptors (Lipinski definition) is 7. The maximum atomic E-state index is 10.4. The van der Waals surface area contributed by atoms with Crippen LogP contribution in [-0.4, -0.2) is 42.1 Å². The predicted octanol–water partition coefficient (Wildman–Crippen LogP) is 2.27. The van der Waals surface area contributed by atoms with Crippen molar-refractivity contribution in [3.63, 3.8) is 0 Å². The average molecular weight is 317 g/mol. The molecule has 0 saturated carbocycles. The van der Waals surface area contributed by atoms with Gasteiger partial charge in [0, 0.05) is 17.2 Å². The van der Waals surface area contributed by atoms with Gasteiger partial charge in [0.05, 0.1) is 12.3 Å². The number of rotatable bonds is 9. The summed E-state index contributed by atoms with van der Waals surface area (Å²) >= 11 is 3.04. The van der Waals surface area contributed by atoms with E-state index in [4.69, 9.17) is 4.42 Å². The summed E-state index contributed by atoms with van der Waals surface area (Å²) < 4.78 is 5.61. The zero-order valence-corrected chi connectivity index (χ0v) is 13.3. The Balaban J connectivity index is 2.23. The average Bonchev–Trinajstić information content (AvgIpc) is 2.84. The fourth-order valence-electron chi connectivity index (χ4n) is 1.47. The zero-order chi connectivity index (χ0) is 14.8. The van der Waals surface area contributed by atoms with Crippen LogP contribution in [0.4, 0.5) is 0 Å². The molecule has 20 heavy (non-hydrogen) atoms. The van der Waals surface area contributed by atoms with Gasteiger partial charge in [0.25, 0.3) is 6.54 Å². The van der Waals surface area contributed by atoms with Gasteiger partial charge in [-0.2, -0.15) is 11.8 Å². The molecule has 0 spiro atoms. The summed E-state index contributed by atoms with van der Waals surface area (Å²) in [6.45, 7) is 1.14. The Bertz CT molecular complexity index is 449. The molecule has 1 heterocycles. The van der Waals surface area contributed by atoms with Gasteiger partial charge in [0.2, 0.25) is 0 Å². The molecule has 1 aromatic rings. The molecule has 1 aromatic heterocycles. The minimum atomic E-state index is -0.353. The van der Waals surface area contributed by atoms with Crippen molar-refractivity contribution in [2.45, 2.75) is 12.3 Å². The molecule has 0 fully saturated rings. The molecule has 1 N–H and O–H groups in total. The Morgan fingerprint density at radius 2 is 2.25 bits per heavy atom. The SMILES string of the molecule is CNCc1ccc(CSCCN=C(C[N+](=O)[O-])SC)o1. The van der Waals surface area contributed by atoms with E-state index in [9.17, 15) is 10.1 Å². The van der Waals surface area contributed by atoms with E-state index in [2.05, 4.69) is 10.3 Å². The molecule has 6 nitrogen and oxygen atoms in total. The van der Waals surface area contributed by atoms with Crippen LogP contribution in [0.2, 0.25) is 0 Å². The van der Waals surface area contributed by atoms with Crippen LogP contribution >= 0.6 is 23.5 Å². The van der Waals surface area contributed by atoms with Gasteiger partial charge in [-0.05, 0) is 25.4 Å². The highest BCUT2D eigenvalue weighted by Crippen LogP contribution is 2.15. The van der Waals surface area contributed by atoms with Gasteiger partial charge in [0.15, 0.2) is 0 Å². The first-order valence-corrected chi connectivity index (χ1v) is 8.52. The number of furan rings is 1. The number of thioether (sulfide) groups is 2. The maximum absolute atomic E-state index is 10.4. The molecule has 0 aliphatic carbocycles. The second-order valence-electron chi connectivity index (χ2n) is 3.92. The number of nitrogens with zero attached hydrogens (tertiary/aromatic N) is 2. The fourth-order valence-corrected chi connectivity index (χ4v) is 2.64. The Morgan fingerprint density at radius 3 is 2.90 bits per heavy atom. The third kappa shape index (κ3) is 6.97. The highest BCUT2D eigenvalue weighted by Gasteiger charge is 2.05. The van der Waals surface area contributed by atoms with Gasteiger partial charge in [-0.25, -0.2) is 0 Å². The van der Waals surface area contributed by atoms with Crippen LogP contribution in [-0.2, 0) is 12.3 Å². The van der Waals surface area contributed by atoms with E-state index in [0.717, 1.165) is 29.6 Å². The molecule has 112 valence electrons. The molecular formula is C12H19N3O3S2. The summed E-state index contributed by atoms with van der Waals surface area (Å²) in [6, 6.07) is 3.94. The molecule has 0 aliphatic rings. The van der Waals surface area contributed by atoms with Crippen molar-refractivity contribution >= 4 is 28.6 Å². The molecule has 0 bridgehead atoms. The van der Waals surface area contributed by atoms with Crippen molar-refractivity contribution in [1.29, 1.82) is 0 Å². The molecular weight excluding hydrogens is 298 g/mol. The summed E-state index contributed by atoms with van der Waals surface area (Å²) in [5.41, 5.74) is 0. The Morgan fingerprint density at radius 1 is 1.50 bits per heavy atom. The predicted molar refractivity (Wildman–Crippen MR) is 85.3 cm³/mol. The van der Waals surface area contributed by atoms with E-state index in [1.165, 1.54) is 11.8 Å². The number of nitro groups is 1. The summed E-state index contributed by atoms with van der Waals surface area (Å²) in [5.74, 6) is 3.49. The van der Waals surface area contributed by atoms with E-state index in [1.807, 2.05) is 25.4 Å². The van der Waals surface area contributed by atoms with Crippen molar-refractivity contribution in [3.05, 3.63) is 33.8 Å². The maximum Gasteiger partial charge on any atom is 0.250 e. The van der Waals surface area contributed by atoms with Gasteiger partial charge >= 0.3 is 0 Å². The smallest absolute Gasteiger partial charge is 0.250 e. The van der Waals surface area contributed by atoms with E-state index in [-0.39, 0.29) is 11.5 Å². The van der Waals surface area contributed by atoms with Crippen molar-refractivity contribution in [3.8, 4) is 0 Å². The number of hydrogen-bond donors (Lipinski definition) is 1. The van der Waals surface area contributed by atoms with E-state index in [1.54, 1.807) is 11.8 Å². The molecule has 0 aromatic carbocycles. The molecule has 8 heteroatoms. The molecule has 1 rings (SSSR count). The lowest BCUT2D eigenvalue weighted by molar-refractivity contribution is -0.462. The van der Waals surface area contributed by atoms with Gasteiger partial charge in [-0.3, -0.25) is 15.1 Å².